The lowest BCUT2D eigenvalue weighted by atomic mass is 10.1. The predicted molar refractivity (Wildman–Crippen MR) is 162 cm³/mol. The summed E-state index contributed by atoms with van der Waals surface area (Å²) in [6.45, 7) is 3.29. The third-order valence-corrected chi connectivity index (χ3v) is 9.15. The Morgan fingerprint density at radius 1 is 0.875 bits per heavy atom. The quantitative estimate of drug-likeness (QED) is 0.234. The number of halogens is 4. The molecule has 3 rings (SSSR count). The largest absolute Gasteiger partial charge is 0.354 e. The van der Waals surface area contributed by atoms with Crippen molar-refractivity contribution in [2.24, 2.45) is 0 Å². The molecule has 0 aliphatic heterocycles. The highest BCUT2D eigenvalue weighted by Crippen LogP contribution is 2.34. The number of carbonyl (C=O) groups is 2. The van der Waals surface area contributed by atoms with Crippen LogP contribution in [0.4, 0.5) is 5.69 Å². The van der Waals surface area contributed by atoms with Gasteiger partial charge in [-0.15, -0.1) is 0 Å². The molecule has 0 saturated heterocycles. The Morgan fingerprint density at radius 2 is 1.52 bits per heavy atom. The first-order valence-corrected chi connectivity index (χ1v) is 15.5. The third-order valence-electron chi connectivity index (χ3n) is 6.11. The highest BCUT2D eigenvalue weighted by molar-refractivity contribution is 7.92. The number of rotatable bonds is 12. The maximum Gasteiger partial charge on any atom is 0.264 e. The zero-order valence-corrected chi connectivity index (χ0v) is 25.8. The van der Waals surface area contributed by atoms with E-state index in [-0.39, 0.29) is 39.5 Å². The van der Waals surface area contributed by atoms with Gasteiger partial charge >= 0.3 is 0 Å². The molecule has 0 aliphatic carbocycles. The predicted octanol–water partition coefficient (Wildman–Crippen LogP) is 6.83. The minimum atomic E-state index is -4.29. The van der Waals surface area contributed by atoms with Crippen LogP contribution < -0.4 is 9.62 Å². The van der Waals surface area contributed by atoms with Crippen LogP contribution >= 0.6 is 46.4 Å². The molecule has 0 fully saturated rings. The van der Waals surface area contributed by atoms with Crippen LogP contribution in [-0.2, 0) is 26.2 Å². The molecule has 40 heavy (non-hydrogen) atoms. The molecule has 0 aromatic heterocycles. The molecule has 1 atom stereocenters. The van der Waals surface area contributed by atoms with Crippen LogP contribution in [0.2, 0.25) is 20.1 Å². The average molecular weight is 645 g/mol. The lowest BCUT2D eigenvalue weighted by Gasteiger charge is -2.33. The molecule has 1 unspecified atom stereocenters. The maximum atomic E-state index is 14.1. The molecule has 214 valence electrons. The number of benzene rings is 3. The summed E-state index contributed by atoms with van der Waals surface area (Å²) in [7, 11) is -4.29. The second-order valence-corrected chi connectivity index (χ2v) is 12.4. The van der Waals surface area contributed by atoms with E-state index in [2.05, 4.69) is 5.32 Å². The third kappa shape index (κ3) is 7.62. The second-order valence-electron chi connectivity index (χ2n) is 8.86. The van der Waals surface area contributed by atoms with Crippen LogP contribution in [0, 0.1) is 0 Å². The summed E-state index contributed by atoms with van der Waals surface area (Å²) in [4.78, 5) is 28.5. The zero-order chi connectivity index (χ0) is 29.4. The SMILES string of the molecule is CCCNC(=O)C(CC)N(Cc1c(Cl)cccc1Cl)C(=O)CN(c1cc(Cl)ccc1Cl)S(=O)(=O)c1ccccc1. The van der Waals surface area contributed by atoms with Gasteiger partial charge in [-0.1, -0.05) is 84.5 Å². The second kappa shape index (κ2) is 14.4. The van der Waals surface area contributed by atoms with Crippen molar-refractivity contribution in [3.8, 4) is 0 Å². The summed E-state index contributed by atoms with van der Waals surface area (Å²) in [6.07, 6.45) is 0.954. The van der Waals surface area contributed by atoms with Crippen molar-refractivity contribution in [3.63, 3.8) is 0 Å². The fourth-order valence-corrected chi connectivity index (χ4v) is 6.45. The van der Waals surface area contributed by atoms with E-state index in [9.17, 15) is 18.0 Å². The standard InChI is InChI=1S/C28H29Cl4N3O4S/c1-3-15-33-28(37)25(4-2)34(17-21-22(30)11-8-12-23(21)31)27(36)18-35(26-16-19(29)13-14-24(26)32)40(38,39)20-9-6-5-7-10-20/h5-14,16,25H,3-4,15,17-18H2,1-2H3,(H,33,37). The van der Waals surface area contributed by atoms with Gasteiger partial charge in [0.1, 0.15) is 12.6 Å². The van der Waals surface area contributed by atoms with Crippen LogP contribution in [0.1, 0.15) is 32.3 Å². The number of nitrogens with zero attached hydrogens (tertiary/aromatic N) is 2. The molecule has 7 nitrogen and oxygen atoms in total. The van der Waals surface area contributed by atoms with Gasteiger partial charge in [-0.25, -0.2) is 8.42 Å². The van der Waals surface area contributed by atoms with Gasteiger partial charge < -0.3 is 10.2 Å². The van der Waals surface area contributed by atoms with E-state index in [4.69, 9.17) is 46.4 Å². The van der Waals surface area contributed by atoms with Gasteiger partial charge in [-0.05, 0) is 55.3 Å². The minimum Gasteiger partial charge on any atom is -0.354 e. The van der Waals surface area contributed by atoms with Crippen molar-refractivity contribution in [2.45, 2.75) is 44.2 Å². The molecule has 0 spiro atoms. The van der Waals surface area contributed by atoms with E-state index in [0.717, 1.165) is 4.31 Å². The van der Waals surface area contributed by atoms with Gasteiger partial charge in [0, 0.05) is 33.7 Å². The Kier molecular flexibility index (Phi) is 11.5. The van der Waals surface area contributed by atoms with Gasteiger partial charge in [0.2, 0.25) is 11.8 Å². The topological polar surface area (TPSA) is 86.8 Å². The van der Waals surface area contributed by atoms with Crippen molar-refractivity contribution in [2.75, 3.05) is 17.4 Å². The van der Waals surface area contributed by atoms with E-state index >= 15 is 0 Å². The van der Waals surface area contributed by atoms with Gasteiger partial charge in [-0.2, -0.15) is 0 Å². The van der Waals surface area contributed by atoms with Gasteiger partial charge in [-0.3, -0.25) is 13.9 Å². The molecule has 0 saturated carbocycles. The fraction of sp³-hybridized carbons (Fsp3) is 0.286. The number of hydrogen-bond donors (Lipinski definition) is 1. The molecule has 0 heterocycles. The smallest absolute Gasteiger partial charge is 0.264 e. The van der Waals surface area contributed by atoms with E-state index in [1.807, 2.05) is 6.92 Å². The summed E-state index contributed by atoms with van der Waals surface area (Å²) in [6, 6.07) is 16.0. The van der Waals surface area contributed by atoms with Crippen molar-refractivity contribution in [1.29, 1.82) is 0 Å². The summed E-state index contributed by atoms with van der Waals surface area (Å²) in [5.41, 5.74) is 0.449. The van der Waals surface area contributed by atoms with E-state index in [1.54, 1.807) is 43.3 Å². The Morgan fingerprint density at radius 3 is 2.12 bits per heavy atom. The van der Waals surface area contributed by atoms with E-state index in [1.165, 1.54) is 35.2 Å². The van der Waals surface area contributed by atoms with E-state index in [0.29, 0.717) is 28.6 Å². The summed E-state index contributed by atoms with van der Waals surface area (Å²) in [5.74, 6) is -1.04. The first kappa shape index (κ1) is 32.0. The van der Waals surface area contributed by atoms with Crippen LogP contribution in [0.5, 0.6) is 0 Å². The Bertz CT molecular complexity index is 1430. The molecular formula is C28H29Cl4N3O4S. The first-order valence-electron chi connectivity index (χ1n) is 12.5. The number of anilines is 1. The molecule has 0 radical (unpaired) electrons. The summed E-state index contributed by atoms with van der Waals surface area (Å²) >= 11 is 25.5. The fourth-order valence-electron chi connectivity index (χ4n) is 4.05. The lowest BCUT2D eigenvalue weighted by Crippen LogP contribution is -2.52. The molecule has 2 amide bonds. The number of amides is 2. The molecule has 3 aromatic carbocycles. The zero-order valence-electron chi connectivity index (χ0n) is 21.9. The van der Waals surface area contributed by atoms with Crippen LogP contribution in [0.15, 0.2) is 71.6 Å². The van der Waals surface area contributed by atoms with Crippen molar-refractivity contribution < 1.29 is 18.0 Å². The highest BCUT2D eigenvalue weighted by Gasteiger charge is 2.35. The molecule has 12 heteroatoms. The highest BCUT2D eigenvalue weighted by atomic mass is 35.5. The summed E-state index contributed by atoms with van der Waals surface area (Å²) < 4.78 is 28.6. The molecular weight excluding hydrogens is 616 g/mol. The number of hydrogen-bond acceptors (Lipinski definition) is 4. The maximum absolute atomic E-state index is 14.1. The van der Waals surface area contributed by atoms with E-state index < -0.39 is 28.5 Å². The van der Waals surface area contributed by atoms with Gasteiger partial charge in [0.25, 0.3) is 10.0 Å². The van der Waals surface area contributed by atoms with Gasteiger partial charge in [0.15, 0.2) is 0 Å². The number of carbonyl (C=O) groups excluding carboxylic acids is 2. The average Bonchev–Trinajstić information content (AvgIpc) is 2.93. The first-order chi connectivity index (χ1) is 19.0. The lowest BCUT2D eigenvalue weighted by molar-refractivity contribution is -0.140. The molecule has 0 aliphatic rings. The minimum absolute atomic E-state index is 0.0191. The molecule has 0 bridgehead atoms. The Hall–Kier alpha value is -2.49. The number of sulfonamides is 1. The monoisotopic (exact) mass is 643 g/mol. The van der Waals surface area contributed by atoms with Crippen molar-refractivity contribution in [3.05, 3.63) is 92.4 Å². The van der Waals surface area contributed by atoms with Crippen LogP contribution in [-0.4, -0.2) is 44.3 Å². The van der Waals surface area contributed by atoms with Crippen molar-refractivity contribution in [1.82, 2.24) is 10.2 Å². The van der Waals surface area contributed by atoms with Gasteiger partial charge in [0.05, 0.1) is 15.6 Å². The Balaban J connectivity index is 2.12. The normalized spacial score (nSPS) is 12.1. The molecule has 1 N–H and O–H groups in total. The Labute approximate surface area is 255 Å². The van der Waals surface area contributed by atoms with Crippen LogP contribution in [0.3, 0.4) is 0 Å². The van der Waals surface area contributed by atoms with Crippen molar-refractivity contribution >= 4 is 73.9 Å². The van der Waals surface area contributed by atoms with Crippen LogP contribution in [0.25, 0.3) is 0 Å². The summed E-state index contributed by atoms with van der Waals surface area (Å²) in [5, 5.41) is 3.74. The number of nitrogens with one attached hydrogen (secondary N) is 1. The molecule has 3 aromatic rings.